The number of carbonyl (C=O) groups excluding carboxylic acids is 3. The van der Waals surface area contributed by atoms with Gasteiger partial charge < -0.3 is 10.2 Å². The SMILES string of the molecule is CCN(CC)C(=S)S[C@H]1CC(=O)N(c2ccc(NC(C)=O)cc2)C1=O. The third-order valence-electron chi connectivity index (χ3n) is 3.82. The van der Waals surface area contributed by atoms with Gasteiger partial charge in [0.15, 0.2) is 0 Å². The Morgan fingerprint density at radius 2 is 1.88 bits per heavy atom. The minimum atomic E-state index is -0.490. The second kappa shape index (κ2) is 8.44. The molecular formula is C17H21N3O3S2. The molecule has 0 aliphatic carbocycles. The van der Waals surface area contributed by atoms with E-state index in [1.54, 1.807) is 24.3 Å². The Morgan fingerprint density at radius 1 is 1.28 bits per heavy atom. The summed E-state index contributed by atoms with van der Waals surface area (Å²) in [5, 5.41) is 2.16. The zero-order valence-electron chi connectivity index (χ0n) is 14.4. The number of carbonyl (C=O) groups is 3. The van der Waals surface area contributed by atoms with Crippen LogP contribution in [-0.2, 0) is 14.4 Å². The van der Waals surface area contributed by atoms with E-state index in [1.165, 1.54) is 23.6 Å². The van der Waals surface area contributed by atoms with E-state index >= 15 is 0 Å². The third-order valence-corrected chi connectivity index (χ3v) is 5.48. The summed E-state index contributed by atoms with van der Waals surface area (Å²) in [5.41, 5.74) is 1.12. The number of imide groups is 1. The van der Waals surface area contributed by atoms with Crippen molar-refractivity contribution < 1.29 is 14.4 Å². The van der Waals surface area contributed by atoms with Crippen molar-refractivity contribution in [2.75, 3.05) is 23.3 Å². The topological polar surface area (TPSA) is 69.7 Å². The number of thiocarbonyl (C=S) groups is 1. The van der Waals surface area contributed by atoms with Crippen LogP contribution in [0.4, 0.5) is 11.4 Å². The molecule has 1 aromatic carbocycles. The molecule has 0 unspecified atom stereocenters. The number of rotatable bonds is 5. The van der Waals surface area contributed by atoms with Crippen molar-refractivity contribution in [2.45, 2.75) is 32.4 Å². The second-order valence-corrected chi connectivity index (χ2v) is 7.38. The van der Waals surface area contributed by atoms with Crippen LogP contribution in [0.5, 0.6) is 0 Å². The highest BCUT2D eigenvalue weighted by Crippen LogP contribution is 2.31. The van der Waals surface area contributed by atoms with E-state index in [0.717, 1.165) is 13.1 Å². The average molecular weight is 380 g/mol. The lowest BCUT2D eigenvalue weighted by Crippen LogP contribution is -2.33. The molecule has 1 aliphatic heterocycles. The van der Waals surface area contributed by atoms with Crippen molar-refractivity contribution in [2.24, 2.45) is 0 Å². The maximum absolute atomic E-state index is 12.7. The first kappa shape index (κ1) is 19.4. The van der Waals surface area contributed by atoms with Crippen LogP contribution in [0.25, 0.3) is 0 Å². The van der Waals surface area contributed by atoms with E-state index < -0.39 is 5.25 Å². The molecule has 25 heavy (non-hydrogen) atoms. The minimum Gasteiger partial charge on any atom is -0.358 e. The van der Waals surface area contributed by atoms with Crippen molar-refractivity contribution in [3.63, 3.8) is 0 Å². The van der Waals surface area contributed by atoms with Crippen LogP contribution in [0.15, 0.2) is 24.3 Å². The molecule has 1 N–H and O–H groups in total. The summed E-state index contributed by atoms with van der Waals surface area (Å²) in [7, 11) is 0. The molecule has 8 heteroatoms. The van der Waals surface area contributed by atoms with E-state index in [1.807, 2.05) is 18.7 Å². The second-order valence-electron chi connectivity index (χ2n) is 5.54. The minimum absolute atomic E-state index is 0.137. The molecule has 3 amide bonds. The molecule has 1 heterocycles. The molecule has 1 saturated heterocycles. The van der Waals surface area contributed by atoms with E-state index in [-0.39, 0.29) is 24.1 Å². The molecule has 0 spiro atoms. The molecule has 1 aromatic rings. The maximum Gasteiger partial charge on any atom is 0.247 e. The predicted molar refractivity (Wildman–Crippen MR) is 105 cm³/mol. The number of anilines is 2. The molecule has 2 rings (SSSR count). The summed E-state index contributed by atoms with van der Waals surface area (Å²) >= 11 is 6.66. The standard InChI is InChI=1S/C17H21N3O3S2/c1-4-19(5-2)17(24)25-14-10-15(22)20(16(14)23)13-8-6-12(7-9-13)18-11(3)21/h6-9,14H,4-5,10H2,1-3H3,(H,18,21)/t14-/m0/s1. The molecule has 1 atom stereocenters. The Morgan fingerprint density at radius 3 is 2.40 bits per heavy atom. The molecular weight excluding hydrogens is 358 g/mol. The number of benzene rings is 1. The molecule has 1 aliphatic rings. The van der Waals surface area contributed by atoms with Gasteiger partial charge in [-0.3, -0.25) is 14.4 Å². The molecule has 0 radical (unpaired) electrons. The number of nitrogens with one attached hydrogen (secondary N) is 1. The Kier molecular flexibility index (Phi) is 6.55. The van der Waals surface area contributed by atoms with Crippen LogP contribution in [0.1, 0.15) is 27.2 Å². The van der Waals surface area contributed by atoms with Crippen molar-refractivity contribution >= 4 is 57.4 Å². The molecule has 0 bridgehead atoms. The molecule has 134 valence electrons. The van der Waals surface area contributed by atoms with Gasteiger partial charge in [0.1, 0.15) is 9.57 Å². The Balaban J connectivity index is 2.10. The summed E-state index contributed by atoms with van der Waals surface area (Å²) in [4.78, 5) is 39.2. The largest absolute Gasteiger partial charge is 0.358 e. The fraction of sp³-hybridized carbons (Fsp3) is 0.412. The molecule has 6 nitrogen and oxygen atoms in total. The molecule has 0 saturated carbocycles. The first-order valence-corrected chi connectivity index (χ1v) is 9.36. The van der Waals surface area contributed by atoms with Gasteiger partial charge in [0.25, 0.3) is 0 Å². The van der Waals surface area contributed by atoms with Crippen molar-refractivity contribution in [1.82, 2.24) is 4.90 Å². The lowest BCUT2D eigenvalue weighted by molar-refractivity contribution is -0.121. The van der Waals surface area contributed by atoms with Gasteiger partial charge in [-0.2, -0.15) is 0 Å². The summed E-state index contributed by atoms with van der Waals surface area (Å²) in [5.74, 6) is -0.670. The van der Waals surface area contributed by atoms with E-state index in [0.29, 0.717) is 15.7 Å². The number of hydrogen-bond donors (Lipinski definition) is 1. The first-order chi connectivity index (χ1) is 11.9. The Bertz CT molecular complexity index is 687. The van der Waals surface area contributed by atoms with E-state index in [2.05, 4.69) is 5.32 Å². The van der Waals surface area contributed by atoms with Crippen LogP contribution >= 0.6 is 24.0 Å². The van der Waals surface area contributed by atoms with E-state index in [9.17, 15) is 14.4 Å². The van der Waals surface area contributed by atoms with Crippen LogP contribution < -0.4 is 10.2 Å². The highest BCUT2D eigenvalue weighted by atomic mass is 32.2. The van der Waals surface area contributed by atoms with Crippen molar-refractivity contribution in [1.29, 1.82) is 0 Å². The maximum atomic E-state index is 12.7. The predicted octanol–water partition coefficient (Wildman–Crippen LogP) is 2.64. The number of thioether (sulfide) groups is 1. The average Bonchev–Trinajstić information content (AvgIpc) is 2.83. The van der Waals surface area contributed by atoms with Gasteiger partial charge in [-0.05, 0) is 38.1 Å². The van der Waals surface area contributed by atoms with Crippen LogP contribution in [0.2, 0.25) is 0 Å². The summed E-state index contributed by atoms with van der Waals surface area (Å²) in [6, 6.07) is 6.63. The van der Waals surface area contributed by atoms with Gasteiger partial charge in [0.05, 0.1) is 5.69 Å². The van der Waals surface area contributed by atoms with Crippen molar-refractivity contribution in [3.8, 4) is 0 Å². The zero-order chi connectivity index (χ0) is 18.6. The van der Waals surface area contributed by atoms with Crippen LogP contribution in [0.3, 0.4) is 0 Å². The fourth-order valence-corrected chi connectivity index (χ4v) is 4.23. The Hall–Kier alpha value is -1.93. The first-order valence-electron chi connectivity index (χ1n) is 8.07. The smallest absolute Gasteiger partial charge is 0.247 e. The zero-order valence-corrected chi connectivity index (χ0v) is 16.1. The summed E-state index contributed by atoms with van der Waals surface area (Å²) in [6.07, 6.45) is 0.137. The van der Waals surface area contributed by atoms with Crippen LogP contribution in [0, 0.1) is 0 Å². The summed E-state index contributed by atoms with van der Waals surface area (Å²) in [6.45, 7) is 6.96. The summed E-state index contributed by atoms with van der Waals surface area (Å²) < 4.78 is 0.638. The molecule has 0 aromatic heterocycles. The number of amides is 3. The van der Waals surface area contributed by atoms with E-state index in [4.69, 9.17) is 12.2 Å². The van der Waals surface area contributed by atoms with Crippen LogP contribution in [-0.4, -0.2) is 45.3 Å². The highest BCUT2D eigenvalue weighted by molar-refractivity contribution is 8.23. The number of nitrogens with zero attached hydrogens (tertiary/aromatic N) is 2. The monoisotopic (exact) mass is 379 g/mol. The van der Waals surface area contributed by atoms with Gasteiger partial charge in [-0.25, -0.2) is 4.90 Å². The van der Waals surface area contributed by atoms with Gasteiger partial charge in [-0.15, -0.1) is 0 Å². The normalized spacial score (nSPS) is 16.9. The number of hydrogen-bond acceptors (Lipinski definition) is 5. The van der Waals surface area contributed by atoms with Gasteiger partial charge in [0, 0.05) is 32.1 Å². The van der Waals surface area contributed by atoms with Gasteiger partial charge >= 0.3 is 0 Å². The quantitative estimate of drug-likeness (QED) is 0.627. The van der Waals surface area contributed by atoms with Gasteiger partial charge in [-0.1, -0.05) is 24.0 Å². The van der Waals surface area contributed by atoms with Gasteiger partial charge in [0.2, 0.25) is 17.7 Å². The fourth-order valence-electron chi connectivity index (χ4n) is 2.54. The Labute approximate surface area is 156 Å². The van der Waals surface area contributed by atoms with Crippen molar-refractivity contribution in [3.05, 3.63) is 24.3 Å². The lowest BCUT2D eigenvalue weighted by atomic mass is 10.2. The third kappa shape index (κ3) is 4.58. The molecule has 1 fully saturated rings. The highest BCUT2D eigenvalue weighted by Gasteiger charge is 2.40. The lowest BCUT2D eigenvalue weighted by Gasteiger charge is -2.22.